The Morgan fingerprint density at radius 3 is 2.44 bits per heavy atom. The maximum atomic E-state index is 12.0. The molecule has 5 rings (SSSR count). The summed E-state index contributed by atoms with van der Waals surface area (Å²) in [4.78, 5) is 30.5. The quantitative estimate of drug-likeness (QED) is 0.254. The van der Waals surface area contributed by atoms with Gasteiger partial charge >= 0.3 is 5.97 Å². The molecule has 2 aromatic heterocycles. The molecule has 0 spiro atoms. The van der Waals surface area contributed by atoms with Crippen LogP contribution in [-0.4, -0.2) is 40.8 Å². The lowest BCUT2D eigenvalue weighted by Gasteiger charge is -2.29. The van der Waals surface area contributed by atoms with E-state index in [1.54, 1.807) is 31.5 Å². The molecule has 1 aliphatic heterocycles. The molecule has 0 unspecified atom stereocenters. The van der Waals surface area contributed by atoms with Crippen LogP contribution < -0.4 is 20.3 Å². The second kappa shape index (κ2) is 11.0. The van der Waals surface area contributed by atoms with Crippen LogP contribution in [0.5, 0.6) is 5.75 Å². The predicted molar refractivity (Wildman–Crippen MR) is 152 cm³/mol. The van der Waals surface area contributed by atoms with Crippen LogP contribution in [0.3, 0.4) is 0 Å². The van der Waals surface area contributed by atoms with Gasteiger partial charge in [-0.25, -0.2) is 4.79 Å². The van der Waals surface area contributed by atoms with Gasteiger partial charge in [0.05, 0.1) is 37.2 Å². The zero-order valence-corrected chi connectivity index (χ0v) is 22.4. The number of benzene rings is 2. The molecule has 0 radical (unpaired) electrons. The van der Waals surface area contributed by atoms with Crippen molar-refractivity contribution in [1.29, 1.82) is 0 Å². The highest BCUT2D eigenvalue weighted by Gasteiger charge is 2.42. The minimum Gasteiger partial charge on any atom is -0.495 e. The van der Waals surface area contributed by atoms with Gasteiger partial charge in [0, 0.05) is 36.4 Å². The monoisotopic (exact) mass is 541 g/mol. The van der Waals surface area contributed by atoms with Gasteiger partial charge in [0.25, 0.3) is 0 Å². The maximum Gasteiger partial charge on any atom is 0.337 e. The Morgan fingerprint density at radius 2 is 1.77 bits per heavy atom. The molecule has 2 atom stereocenters. The van der Waals surface area contributed by atoms with Gasteiger partial charge in [0.15, 0.2) is 5.11 Å². The van der Waals surface area contributed by atoms with Crippen LogP contribution in [0.15, 0.2) is 85.2 Å². The number of amides is 1. The van der Waals surface area contributed by atoms with E-state index < -0.39 is 5.97 Å². The Morgan fingerprint density at radius 1 is 1.00 bits per heavy atom. The molecule has 0 saturated carbocycles. The van der Waals surface area contributed by atoms with E-state index >= 15 is 0 Å². The Kier molecular flexibility index (Phi) is 7.29. The van der Waals surface area contributed by atoms with Crippen molar-refractivity contribution in [2.75, 3.05) is 24.4 Å². The van der Waals surface area contributed by atoms with E-state index in [4.69, 9.17) is 21.7 Å². The number of thiocarbonyl (C=S) groups is 1. The Hall–Kier alpha value is -4.70. The lowest BCUT2D eigenvalue weighted by molar-refractivity contribution is -0.114. The molecular weight excluding hydrogens is 514 g/mol. The van der Waals surface area contributed by atoms with E-state index in [0.29, 0.717) is 22.1 Å². The predicted octanol–water partition coefficient (Wildman–Crippen LogP) is 4.80. The largest absolute Gasteiger partial charge is 0.495 e. The van der Waals surface area contributed by atoms with Crippen molar-refractivity contribution in [1.82, 2.24) is 14.9 Å². The molecule has 39 heavy (non-hydrogen) atoms. The van der Waals surface area contributed by atoms with E-state index in [9.17, 15) is 9.59 Å². The molecule has 1 aliphatic rings. The van der Waals surface area contributed by atoms with Crippen molar-refractivity contribution < 1.29 is 19.1 Å². The molecule has 0 bridgehead atoms. The number of carbonyl (C=O) groups excluding carboxylic acids is 2. The minimum absolute atomic E-state index is 0.209. The van der Waals surface area contributed by atoms with Crippen molar-refractivity contribution in [3.05, 3.63) is 102 Å². The smallest absolute Gasteiger partial charge is 0.337 e. The number of aromatic nitrogens is 2. The topological polar surface area (TPSA) is 97.7 Å². The third kappa shape index (κ3) is 5.06. The zero-order valence-electron chi connectivity index (χ0n) is 21.6. The van der Waals surface area contributed by atoms with E-state index in [0.717, 1.165) is 22.8 Å². The number of nitrogens with zero attached hydrogens (tertiary/aromatic N) is 3. The van der Waals surface area contributed by atoms with Crippen molar-refractivity contribution in [3.8, 4) is 11.4 Å². The summed E-state index contributed by atoms with van der Waals surface area (Å²) in [7, 11) is 2.92. The van der Waals surface area contributed by atoms with E-state index in [-0.39, 0.29) is 18.0 Å². The molecule has 9 nitrogen and oxygen atoms in total. The number of anilines is 2. The number of pyridine rings is 1. The molecule has 1 amide bonds. The van der Waals surface area contributed by atoms with Crippen molar-refractivity contribution in [3.63, 3.8) is 0 Å². The summed E-state index contributed by atoms with van der Waals surface area (Å²) in [5.74, 6) is -0.0609. The van der Waals surface area contributed by atoms with Crippen molar-refractivity contribution >= 4 is 40.6 Å². The number of esters is 1. The van der Waals surface area contributed by atoms with Gasteiger partial charge in [0.2, 0.25) is 5.91 Å². The molecule has 10 heteroatoms. The first-order valence-corrected chi connectivity index (χ1v) is 12.6. The van der Waals surface area contributed by atoms with Crippen molar-refractivity contribution in [2.45, 2.75) is 19.0 Å². The fraction of sp³-hybridized carbons (Fsp3) is 0.172. The van der Waals surface area contributed by atoms with Crippen LogP contribution in [-0.2, 0) is 9.53 Å². The highest BCUT2D eigenvalue weighted by Crippen LogP contribution is 2.43. The summed E-state index contributed by atoms with van der Waals surface area (Å²) in [6.45, 7) is 1.45. The molecule has 2 aromatic carbocycles. The van der Waals surface area contributed by atoms with Crippen LogP contribution in [0.2, 0.25) is 0 Å². The third-order valence-corrected chi connectivity index (χ3v) is 6.83. The van der Waals surface area contributed by atoms with Gasteiger partial charge in [-0.05, 0) is 78.9 Å². The molecule has 3 heterocycles. The first kappa shape index (κ1) is 25.9. The van der Waals surface area contributed by atoms with Crippen LogP contribution >= 0.6 is 12.2 Å². The molecule has 2 N–H and O–H groups in total. The standard InChI is InChI=1S/C29H27N5O4S/c1-18(35)31-23-17-21(13-14-25(23)37-2)34-27(26(32-29(34)39)22-7-4-5-15-30-22)24-8-6-16-33(24)20-11-9-19(10-12-20)28(36)38-3/h4-17,26-27H,1-3H3,(H,31,35)(H,32,39)/t26-,27+/m1/s1. The van der Waals surface area contributed by atoms with Crippen LogP contribution in [0.25, 0.3) is 5.69 Å². The zero-order chi connectivity index (χ0) is 27.5. The average Bonchev–Trinajstić information content (AvgIpc) is 3.57. The first-order valence-electron chi connectivity index (χ1n) is 12.2. The number of hydrogen-bond donors (Lipinski definition) is 2. The van der Waals surface area contributed by atoms with E-state index in [2.05, 4.69) is 20.2 Å². The molecule has 198 valence electrons. The Labute approximate surface area is 231 Å². The van der Waals surface area contributed by atoms with Crippen molar-refractivity contribution in [2.24, 2.45) is 0 Å². The number of nitrogens with one attached hydrogen (secondary N) is 2. The van der Waals surface area contributed by atoms with Gasteiger partial charge in [-0.3, -0.25) is 9.78 Å². The summed E-state index contributed by atoms with van der Waals surface area (Å²) in [6.07, 6.45) is 3.72. The normalized spacial score (nSPS) is 16.5. The van der Waals surface area contributed by atoms with Crippen LogP contribution in [0.1, 0.15) is 40.8 Å². The fourth-order valence-electron chi connectivity index (χ4n) is 4.81. The number of rotatable bonds is 7. The van der Waals surface area contributed by atoms with Crippen LogP contribution in [0.4, 0.5) is 11.4 Å². The molecule has 4 aromatic rings. The fourth-order valence-corrected chi connectivity index (χ4v) is 5.16. The van der Waals surface area contributed by atoms with Gasteiger partial charge in [-0.2, -0.15) is 0 Å². The van der Waals surface area contributed by atoms with Gasteiger partial charge in [0.1, 0.15) is 11.8 Å². The molecular formula is C29H27N5O4S. The third-order valence-electron chi connectivity index (χ3n) is 6.52. The average molecular weight is 542 g/mol. The molecule has 1 saturated heterocycles. The van der Waals surface area contributed by atoms with Gasteiger partial charge in [-0.15, -0.1) is 0 Å². The lowest BCUT2D eigenvalue weighted by atomic mass is 10.0. The molecule has 0 aliphatic carbocycles. The number of ether oxygens (including phenoxy) is 2. The SMILES string of the molecule is COC(=O)c1ccc(-n2cccc2[C@H]2[C@@H](c3ccccn3)NC(=S)N2c2ccc(OC)c(NC(C)=O)c2)cc1. The number of hydrogen-bond acceptors (Lipinski definition) is 6. The highest BCUT2D eigenvalue weighted by molar-refractivity contribution is 7.80. The number of methoxy groups -OCH3 is 2. The first-order chi connectivity index (χ1) is 18.9. The van der Waals surface area contributed by atoms with Gasteiger partial charge in [-0.1, -0.05) is 6.07 Å². The second-order valence-corrected chi connectivity index (χ2v) is 9.29. The summed E-state index contributed by atoms with van der Waals surface area (Å²) < 4.78 is 12.4. The van der Waals surface area contributed by atoms with Gasteiger partial charge < -0.3 is 29.6 Å². The molecule has 1 fully saturated rings. The number of carbonyl (C=O) groups is 2. The minimum atomic E-state index is -0.393. The summed E-state index contributed by atoms with van der Waals surface area (Å²) in [5.41, 5.74) is 4.43. The summed E-state index contributed by atoms with van der Waals surface area (Å²) in [6, 6.07) is 22.0. The van der Waals surface area contributed by atoms with Crippen LogP contribution in [0, 0.1) is 0 Å². The summed E-state index contributed by atoms with van der Waals surface area (Å²) >= 11 is 5.87. The Balaban J connectivity index is 1.63. The van der Waals surface area contributed by atoms with E-state index in [1.807, 2.05) is 65.7 Å². The Bertz CT molecular complexity index is 1520. The maximum absolute atomic E-state index is 12.0. The summed E-state index contributed by atoms with van der Waals surface area (Å²) in [5, 5.41) is 6.82. The van der Waals surface area contributed by atoms with E-state index in [1.165, 1.54) is 14.0 Å². The lowest BCUT2D eigenvalue weighted by Crippen LogP contribution is -2.30. The highest BCUT2D eigenvalue weighted by atomic mass is 32.1. The second-order valence-electron chi connectivity index (χ2n) is 8.90.